The average molecular weight is 480 g/mol. The van der Waals surface area contributed by atoms with Crippen molar-refractivity contribution in [3.8, 4) is 11.7 Å². The zero-order valence-corrected chi connectivity index (χ0v) is 18.5. The first-order valence-corrected chi connectivity index (χ1v) is 11.0. The van der Waals surface area contributed by atoms with Crippen molar-refractivity contribution in [2.24, 2.45) is 5.73 Å². The van der Waals surface area contributed by atoms with E-state index in [4.69, 9.17) is 10.5 Å². The van der Waals surface area contributed by atoms with Crippen molar-refractivity contribution in [2.45, 2.75) is 0 Å². The molecule has 0 saturated heterocycles. The fourth-order valence-corrected chi connectivity index (χ4v) is 5.48. The van der Waals surface area contributed by atoms with Gasteiger partial charge in [-0.05, 0) is 0 Å². The average Bonchev–Trinajstić information content (AvgIpc) is 3.16. The monoisotopic (exact) mass is 481 g/mol. The molecule has 0 saturated carbocycles. The molecule has 2 heterocycles. The maximum atomic E-state index is 12.1. The summed E-state index contributed by atoms with van der Waals surface area (Å²) < 4.78 is 8.90. The van der Waals surface area contributed by atoms with Crippen LogP contribution in [0, 0.1) is 0 Å². The van der Waals surface area contributed by atoms with E-state index in [0.717, 1.165) is 20.0 Å². The van der Waals surface area contributed by atoms with E-state index >= 15 is 0 Å². The quantitative estimate of drug-likeness (QED) is 0.392. The summed E-state index contributed by atoms with van der Waals surface area (Å²) in [5, 5.41) is 3.51. The normalized spacial score (nSPS) is 10.8. The van der Waals surface area contributed by atoms with Gasteiger partial charge >= 0.3 is 185 Å². The van der Waals surface area contributed by atoms with Crippen molar-refractivity contribution >= 4 is 46.7 Å². The van der Waals surface area contributed by atoms with Crippen LogP contribution in [0.15, 0.2) is 60.9 Å². The third-order valence-corrected chi connectivity index (χ3v) is 6.95. The fraction of sp³-hybridized carbons (Fsp3) is 0.0909. The van der Waals surface area contributed by atoms with Crippen molar-refractivity contribution in [1.82, 2.24) is 19.9 Å². The summed E-state index contributed by atoms with van der Waals surface area (Å²) in [7, 11) is 3.14. The van der Waals surface area contributed by atoms with Gasteiger partial charge in [-0.2, -0.15) is 0 Å². The van der Waals surface area contributed by atoms with Crippen LogP contribution in [0.2, 0.25) is 0 Å². The Kier molecular flexibility index (Phi) is 5.70. The standard InChI is InChI=1S/C22H19N5O3Se/c1-24-21(29)13-4-6-17-14(10-13)11-19(27(17)22-25-8-3-9-26-22)31-18-7-5-15(30-2)12-16(18)20(23)28/h3-12H,1-2H3,(H2,23,28)(H,24,29). The summed E-state index contributed by atoms with van der Waals surface area (Å²) in [5.74, 6) is 0.395. The van der Waals surface area contributed by atoms with E-state index in [1.165, 1.54) is 0 Å². The number of nitrogens with two attached hydrogens (primary N) is 1. The van der Waals surface area contributed by atoms with Gasteiger partial charge in [-0.25, -0.2) is 0 Å². The number of primary amides is 1. The van der Waals surface area contributed by atoms with Crippen LogP contribution >= 0.6 is 0 Å². The number of nitrogens with zero attached hydrogens (tertiary/aromatic N) is 3. The Bertz CT molecular complexity index is 1290. The number of benzene rings is 2. The topological polar surface area (TPSA) is 112 Å². The molecule has 2 aromatic carbocycles. The zero-order valence-electron chi connectivity index (χ0n) is 16.8. The molecule has 0 spiro atoms. The molecule has 2 aromatic heterocycles. The molecule has 0 aliphatic rings. The number of carbonyl (C=O) groups is 2. The molecule has 0 atom stereocenters. The molecule has 9 heteroatoms. The van der Waals surface area contributed by atoms with Crippen molar-refractivity contribution in [2.75, 3.05) is 14.2 Å². The second-order valence-electron chi connectivity index (χ2n) is 6.55. The molecular formula is C22H19N5O3Se. The molecule has 0 aliphatic carbocycles. The number of methoxy groups -OCH3 is 1. The number of hydrogen-bond acceptors (Lipinski definition) is 5. The Morgan fingerprint density at radius 3 is 2.55 bits per heavy atom. The SMILES string of the molecule is CNC(=O)c1ccc2c(c1)cc([Se]c1ccc(OC)cc1C(N)=O)n2-c1ncccn1. The van der Waals surface area contributed by atoms with E-state index in [-0.39, 0.29) is 20.9 Å². The summed E-state index contributed by atoms with van der Waals surface area (Å²) in [5.41, 5.74) is 7.46. The molecule has 4 aromatic rings. The van der Waals surface area contributed by atoms with Crippen LogP contribution in [-0.4, -0.2) is 55.5 Å². The number of nitrogens with one attached hydrogen (secondary N) is 1. The number of aromatic nitrogens is 3. The van der Waals surface area contributed by atoms with Gasteiger partial charge in [-0.1, -0.05) is 0 Å². The summed E-state index contributed by atoms with van der Waals surface area (Å²) in [6, 6.07) is 14.5. The number of fused-ring (bicyclic) bond motifs is 1. The Morgan fingerprint density at radius 1 is 1.10 bits per heavy atom. The van der Waals surface area contributed by atoms with E-state index < -0.39 is 5.91 Å². The van der Waals surface area contributed by atoms with Crippen molar-refractivity contribution in [3.05, 3.63) is 72.1 Å². The van der Waals surface area contributed by atoms with Crippen molar-refractivity contribution in [1.29, 1.82) is 0 Å². The molecular weight excluding hydrogens is 461 g/mol. The Hall–Kier alpha value is -3.68. The second-order valence-corrected chi connectivity index (χ2v) is 8.78. The molecule has 0 bridgehead atoms. The van der Waals surface area contributed by atoms with E-state index in [1.54, 1.807) is 50.8 Å². The van der Waals surface area contributed by atoms with Gasteiger partial charge < -0.3 is 0 Å². The minimum absolute atomic E-state index is 0.163. The van der Waals surface area contributed by atoms with Gasteiger partial charge in [0.15, 0.2) is 0 Å². The Morgan fingerprint density at radius 2 is 1.87 bits per heavy atom. The maximum absolute atomic E-state index is 12.1. The molecule has 2 amide bonds. The van der Waals surface area contributed by atoms with Gasteiger partial charge in [0, 0.05) is 0 Å². The van der Waals surface area contributed by atoms with Crippen LogP contribution in [0.3, 0.4) is 0 Å². The first kappa shape index (κ1) is 20.6. The number of hydrogen-bond donors (Lipinski definition) is 2. The van der Waals surface area contributed by atoms with Crippen molar-refractivity contribution < 1.29 is 14.3 Å². The van der Waals surface area contributed by atoms with E-state index in [0.29, 0.717) is 22.8 Å². The minimum atomic E-state index is -0.517. The molecule has 0 unspecified atom stereocenters. The number of carbonyl (C=O) groups excluding carboxylic acids is 2. The molecule has 0 radical (unpaired) electrons. The third-order valence-electron chi connectivity index (χ3n) is 4.68. The number of ether oxygens (including phenoxy) is 1. The van der Waals surface area contributed by atoms with Crippen LogP contribution in [-0.2, 0) is 0 Å². The fourth-order valence-electron chi connectivity index (χ4n) is 3.19. The van der Waals surface area contributed by atoms with Crippen LogP contribution in [0.1, 0.15) is 20.7 Å². The van der Waals surface area contributed by atoms with Gasteiger partial charge in [0.05, 0.1) is 0 Å². The molecule has 4 rings (SSSR count). The van der Waals surface area contributed by atoms with Gasteiger partial charge in [-0.15, -0.1) is 0 Å². The number of amides is 2. The molecule has 3 N–H and O–H groups in total. The van der Waals surface area contributed by atoms with Crippen LogP contribution in [0.25, 0.3) is 16.9 Å². The summed E-state index contributed by atoms with van der Waals surface area (Å²) in [6.07, 6.45) is 3.35. The van der Waals surface area contributed by atoms with Crippen LogP contribution < -0.4 is 24.8 Å². The van der Waals surface area contributed by atoms with E-state index in [1.807, 2.05) is 28.8 Å². The third kappa shape index (κ3) is 4.01. The molecule has 8 nitrogen and oxygen atoms in total. The number of rotatable bonds is 6. The van der Waals surface area contributed by atoms with E-state index in [2.05, 4.69) is 15.3 Å². The van der Waals surface area contributed by atoms with Gasteiger partial charge in [-0.3, -0.25) is 0 Å². The predicted molar refractivity (Wildman–Crippen MR) is 119 cm³/mol. The Labute approximate surface area is 184 Å². The van der Waals surface area contributed by atoms with E-state index in [9.17, 15) is 9.59 Å². The van der Waals surface area contributed by atoms with Crippen LogP contribution in [0.4, 0.5) is 0 Å². The summed E-state index contributed by atoms with van der Waals surface area (Å²) in [4.78, 5) is 33.0. The Balaban J connectivity index is 1.89. The van der Waals surface area contributed by atoms with Gasteiger partial charge in [0.2, 0.25) is 0 Å². The van der Waals surface area contributed by atoms with Crippen LogP contribution in [0.5, 0.6) is 5.75 Å². The molecule has 0 fully saturated rings. The predicted octanol–water partition coefficient (Wildman–Crippen LogP) is 0.543. The van der Waals surface area contributed by atoms with Crippen molar-refractivity contribution in [3.63, 3.8) is 0 Å². The first-order chi connectivity index (χ1) is 15.0. The van der Waals surface area contributed by atoms with Gasteiger partial charge in [0.1, 0.15) is 0 Å². The first-order valence-electron chi connectivity index (χ1n) is 9.32. The second kappa shape index (κ2) is 8.59. The molecule has 156 valence electrons. The molecule has 0 aliphatic heterocycles. The summed E-state index contributed by atoms with van der Waals surface area (Å²) >= 11 is -0.304. The summed E-state index contributed by atoms with van der Waals surface area (Å²) in [6.45, 7) is 0. The zero-order chi connectivity index (χ0) is 22.0. The molecule has 31 heavy (non-hydrogen) atoms. The van der Waals surface area contributed by atoms with Gasteiger partial charge in [0.25, 0.3) is 0 Å².